The van der Waals surface area contributed by atoms with Gasteiger partial charge in [-0.05, 0) is 18.8 Å². The Labute approximate surface area is 149 Å². The predicted octanol–water partition coefficient (Wildman–Crippen LogP) is 3.17. The van der Waals surface area contributed by atoms with Crippen LogP contribution in [0.25, 0.3) is 0 Å². The van der Waals surface area contributed by atoms with Crippen molar-refractivity contribution < 1.29 is 9.53 Å². The number of esters is 1. The van der Waals surface area contributed by atoms with Crippen LogP contribution >= 0.6 is 22.9 Å². The number of halogens is 1. The second kappa shape index (κ2) is 7.06. The number of carbonyl (C=O) groups excluding carboxylic acids is 1. The number of anilines is 1. The fourth-order valence-electron chi connectivity index (χ4n) is 2.95. The highest BCUT2D eigenvalue weighted by Gasteiger charge is 2.33. The molecule has 1 saturated heterocycles. The summed E-state index contributed by atoms with van der Waals surface area (Å²) in [6, 6.07) is 0.0963. The summed E-state index contributed by atoms with van der Waals surface area (Å²) >= 11 is 7.37. The summed E-state index contributed by atoms with van der Waals surface area (Å²) in [7, 11) is 1.34. The van der Waals surface area contributed by atoms with Crippen molar-refractivity contribution in [3.8, 4) is 0 Å². The molecular weight excluding hydrogens is 350 g/mol. The zero-order valence-corrected chi connectivity index (χ0v) is 15.5. The fraction of sp³-hybridized carbons (Fsp3) is 0.600. The standard InChI is InChI=1S/C15H20ClN5O2S/c1-9(2)7-20-8-17-19-13(20)10-5-4-6-21(10)15-18-12(16)11(24-15)14(22)23-3/h8-10H,4-7H2,1-3H3. The monoisotopic (exact) mass is 369 g/mol. The predicted molar refractivity (Wildman–Crippen MR) is 92.6 cm³/mol. The molecule has 0 radical (unpaired) electrons. The molecule has 0 bridgehead atoms. The minimum atomic E-state index is -0.456. The first kappa shape index (κ1) is 17.2. The minimum absolute atomic E-state index is 0.0963. The Bertz CT molecular complexity index is 729. The first-order valence-electron chi connectivity index (χ1n) is 7.90. The third-order valence-electron chi connectivity index (χ3n) is 3.95. The molecular formula is C15H20ClN5O2S. The van der Waals surface area contributed by atoms with Crippen LogP contribution in [0.2, 0.25) is 5.15 Å². The number of aromatic nitrogens is 4. The summed E-state index contributed by atoms with van der Waals surface area (Å²) < 4.78 is 6.86. The van der Waals surface area contributed by atoms with Crippen LogP contribution in [0.1, 0.15) is 48.2 Å². The van der Waals surface area contributed by atoms with Crippen LogP contribution in [0.15, 0.2) is 6.33 Å². The average Bonchev–Trinajstić information content (AvgIpc) is 3.24. The number of hydrogen-bond acceptors (Lipinski definition) is 7. The normalized spacial score (nSPS) is 17.7. The van der Waals surface area contributed by atoms with Gasteiger partial charge in [-0.15, -0.1) is 10.2 Å². The van der Waals surface area contributed by atoms with Gasteiger partial charge >= 0.3 is 5.97 Å². The van der Waals surface area contributed by atoms with Crippen LogP contribution in [0, 0.1) is 5.92 Å². The molecule has 1 atom stereocenters. The number of methoxy groups -OCH3 is 1. The van der Waals surface area contributed by atoms with Gasteiger partial charge in [-0.3, -0.25) is 0 Å². The van der Waals surface area contributed by atoms with Gasteiger partial charge in [-0.2, -0.15) is 0 Å². The highest BCUT2D eigenvalue weighted by Crippen LogP contribution is 2.39. The highest BCUT2D eigenvalue weighted by molar-refractivity contribution is 7.18. The number of carbonyl (C=O) groups is 1. The largest absolute Gasteiger partial charge is 0.465 e. The lowest BCUT2D eigenvalue weighted by atomic mass is 10.2. The van der Waals surface area contributed by atoms with Gasteiger partial charge in [0.15, 0.2) is 21.0 Å². The van der Waals surface area contributed by atoms with Crippen molar-refractivity contribution in [1.29, 1.82) is 0 Å². The number of ether oxygens (including phenoxy) is 1. The first-order chi connectivity index (χ1) is 11.5. The average molecular weight is 370 g/mol. The molecule has 24 heavy (non-hydrogen) atoms. The Morgan fingerprint density at radius 1 is 1.54 bits per heavy atom. The number of hydrogen-bond donors (Lipinski definition) is 0. The van der Waals surface area contributed by atoms with E-state index in [-0.39, 0.29) is 11.2 Å². The van der Waals surface area contributed by atoms with E-state index >= 15 is 0 Å². The topological polar surface area (TPSA) is 73.1 Å². The van der Waals surface area contributed by atoms with E-state index in [4.69, 9.17) is 16.3 Å². The molecule has 1 aliphatic heterocycles. The van der Waals surface area contributed by atoms with Crippen molar-refractivity contribution in [2.24, 2.45) is 5.92 Å². The van der Waals surface area contributed by atoms with Crippen LogP contribution in [-0.2, 0) is 11.3 Å². The molecule has 0 aliphatic carbocycles. The highest BCUT2D eigenvalue weighted by atomic mass is 35.5. The Morgan fingerprint density at radius 2 is 2.33 bits per heavy atom. The van der Waals surface area contributed by atoms with Crippen LogP contribution in [-0.4, -0.2) is 39.4 Å². The van der Waals surface area contributed by atoms with Crippen molar-refractivity contribution >= 4 is 34.0 Å². The molecule has 1 fully saturated rings. The summed E-state index contributed by atoms with van der Waals surface area (Å²) in [6.07, 6.45) is 3.78. The van der Waals surface area contributed by atoms with E-state index in [2.05, 4.69) is 38.5 Å². The molecule has 7 nitrogen and oxygen atoms in total. The maximum Gasteiger partial charge on any atom is 0.351 e. The van der Waals surface area contributed by atoms with E-state index < -0.39 is 5.97 Å². The molecule has 2 aromatic heterocycles. The zero-order chi connectivity index (χ0) is 17.3. The van der Waals surface area contributed by atoms with Crippen LogP contribution in [0.3, 0.4) is 0 Å². The van der Waals surface area contributed by atoms with Crippen LogP contribution in [0.5, 0.6) is 0 Å². The van der Waals surface area contributed by atoms with Gasteiger partial charge in [-0.25, -0.2) is 9.78 Å². The molecule has 1 aliphatic rings. The third kappa shape index (κ3) is 3.25. The first-order valence-corrected chi connectivity index (χ1v) is 9.09. The lowest BCUT2D eigenvalue weighted by Gasteiger charge is -2.24. The maximum absolute atomic E-state index is 11.8. The van der Waals surface area contributed by atoms with Crippen LogP contribution < -0.4 is 4.90 Å². The molecule has 1 unspecified atom stereocenters. The second-order valence-electron chi connectivity index (χ2n) is 6.19. The Morgan fingerprint density at radius 3 is 3.04 bits per heavy atom. The van der Waals surface area contributed by atoms with Gasteiger partial charge in [0.25, 0.3) is 0 Å². The molecule has 130 valence electrons. The summed E-state index contributed by atoms with van der Waals surface area (Å²) in [5, 5.41) is 9.33. The fourth-order valence-corrected chi connectivity index (χ4v) is 4.23. The van der Waals surface area contributed by atoms with Gasteiger partial charge in [0.1, 0.15) is 6.33 Å². The molecule has 0 N–H and O–H groups in total. The minimum Gasteiger partial charge on any atom is -0.465 e. The van der Waals surface area contributed by atoms with E-state index in [1.54, 1.807) is 6.33 Å². The number of nitrogens with zero attached hydrogens (tertiary/aromatic N) is 5. The van der Waals surface area contributed by atoms with Crippen molar-refractivity contribution in [1.82, 2.24) is 19.7 Å². The summed E-state index contributed by atoms with van der Waals surface area (Å²) in [6.45, 7) is 6.06. The van der Waals surface area contributed by atoms with E-state index in [0.29, 0.717) is 10.8 Å². The summed E-state index contributed by atoms with van der Waals surface area (Å²) in [5.74, 6) is 0.990. The molecule has 0 amide bonds. The van der Waals surface area contributed by atoms with E-state index in [1.165, 1.54) is 18.4 Å². The summed E-state index contributed by atoms with van der Waals surface area (Å²) in [5.41, 5.74) is 0. The van der Waals surface area contributed by atoms with Crippen molar-refractivity contribution in [2.75, 3.05) is 18.6 Å². The lowest BCUT2D eigenvalue weighted by Crippen LogP contribution is -2.25. The number of thiazole rings is 1. The number of rotatable bonds is 5. The molecule has 3 heterocycles. The molecule has 9 heteroatoms. The SMILES string of the molecule is COC(=O)c1sc(N2CCCC2c2nncn2CC(C)C)nc1Cl. The molecule has 3 rings (SSSR count). The van der Waals surface area contributed by atoms with Gasteiger partial charge in [0.05, 0.1) is 13.2 Å². The lowest BCUT2D eigenvalue weighted by molar-refractivity contribution is 0.0606. The Hall–Kier alpha value is -1.67. The van der Waals surface area contributed by atoms with Gasteiger partial charge in [0, 0.05) is 13.1 Å². The van der Waals surface area contributed by atoms with Gasteiger partial charge in [-0.1, -0.05) is 36.8 Å². The Kier molecular flexibility index (Phi) is 5.05. The molecule has 0 saturated carbocycles. The molecule has 0 aromatic carbocycles. The van der Waals surface area contributed by atoms with Crippen LogP contribution in [0.4, 0.5) is 5.13 Å². The van der Waals surface area contributed by atoms with E-state index in [9.17, 15) is 4.79 Å². The van der Waals surface area contributed by atoms with E-state index in [1.807, 2.05) is 0 Å². The third-order valence-corrected chi connectivity index (χ3v) is 5.41. The van der Waals surface area contributed by atoms with Crippen molar-refractivity contribution in [3.63, 3.8) is 0 Å². The van der Waals surface area contributed by atoms with Gasteiger partial charge in [0.2, 0.25) is 0 Å². The molecule has 2 aromatic rings. The van der Waals surface area contributed by atoms with Gasteiger partial charge < -0.3 is 14.2 Å². The van der Waals surface area contributed by atoms with Crippen molar-refractivity contribution in [3.05, 3.63) is 22.2 Å². The van der Waals surface area contributed by atoms with Crippen molar-refractivity contribution in [2.45, 2.75) is 39.3 Å². The van der Waals surface area contributed by atoms with E-state index in [0.717, 1.165) is 36.9 Å². The quantitative estimate of drug-likeness (QED) is 0.753. The smallest absolute Gasteiger partial charge is 0.351 e. The zero-order valence-electron chi connectivity index (χ0n) is 13.9. The Balaban J connectivity index is 1.89. The maximum atomic E-state index is 11.8. The second-order valence-corrected chi connectivity index (χ2v) is 7.53. The molecule has 0 spiro atoms. The summed E-state index contributed by atoms with van der Waals surface area (Å²) in [4.78, 5) is 18.6.